The molecule has 5 heterocycles. The molecule has 0 radical (unpaired) electrons. The van der Waals surface area contributed by atoms with E-state index in [4.69, 9.17) is 5.10 Å². The highest BCUT2D eigenvalue weighted by Crippen LogP contribution is 2.37. The van der Waals surface area contributed by atoms with Gasteiger partial charge in [-0.2, -0.15) is 13.9 Å². The van der Waals surface area contributed by atoms with Gasteiger partial charge in [-0.25, -0.2) is 8.42 Å². The summed E-state index contributed by atoms with van der Waals surface area (Å²) in [7, 11) is -3.55. The Kier molecular flexibility index (Phi) is 4.78. The van der Waals surface area contributed by atoms with Crippen molar-refractivity contribution in [1.29, 1.82) is 0 Å². The standard InChI is InChI=1S/C20H28N8O2S/c1-5-17-21-22-18-7-8-19(24-28(17)18)25-9-15-11-26(12-16(15)10-25)31(29,30)20-13(3)23-27(6-2)14(20)4/h7-8,15-16H,5-6,9-12H2,1-4H3. The molecule has 0 N–H and O–H groups in total. The second-order valence-electron chi connectivity index (χ2n) is 8.49. The Labute approximate surface area is 181 Å². The summed E-state index contributed by atoms with van der Waals surface area (Å²) in [6.07, 6.45) is 0.767. The van der Waals surface area contributed by atoms with E-state index in [0.29, 0.717) is 42.1 Å². The number of hydrogen-bond donors (Lipinski definition) is 0. The highest BCUT2D eigenvalue weighted by Gasteiger charge is 2.45. The highest BCUT2D eigenvalue weighted by molar-refractivity contribution is 7.89. The maximum atomic E-state index is 13.4. The molecule has 2 saturated heterocycles. The lowest BCUT2D eigenvalue weighted by Gasteiger charge is -2.22. The van der Waals surface area contributed by atoms with Crippen molar-refractivity contribution in [2.24, 2.45) is 11.8 Å². The van der Waals surface area contributed by atoms with Gasteiger partial charge < -0.3 is 4.90 Å². The van der Waals surface area contributed by atoms with Gasteiger partial charge in [-0.3, -0.25) is 4.68 Å². The Morgan fingerprint density at radius 2 is 1.71 bits per heavy atom. The molecule has 10 nitrogen and oxygen atoms in total. The maximum Gasteiger partial charge on any atom is 0.246 e. The van der Waals surface area contributed by atoms with Crippen molar-refractivity contribution in [3.63, 3.8) is 0 Å². The average Bonchev–Trinajstić information content (AvgIpc) is 3.48. The molecule has 3 aromatic heterocycles. The lowest BCUT2D eigenvalue weighted by molar-refractivity contribution is 0.452. The van der Waals surface area contributed by atoms with Crippen LogP contribution >= 0.6 is 0 Å². The number of aryl methyl sites for hydroxylation is 3. The van der Waals surface area contributed by atoms with Crippen LogP contribution in [0.2, 0.25) is 0 Å². The van der Waals surface area contributed by atoms with Crippen LogP contribution < -0.4 is 4.90 Å². The minimum atomic E-state index is -3.55. The van der Waals surface area contributed by atoms with E-state index in [0.717, 1.165) is 42.5 Å². The van der Waals surface area contributed by atoms with Crippen LogP contribution in [0.1, 0.15) is 31.1 Å². The van der Waals surface area contributed by atoms with E-state index in [-0.39, 0.29) is 0 Å². The van der Waals surface area contributed by atoms with Crippen LogP contribution in [0.15, 0.2) is 17.0 Å². The zero-order chi connectivity index (χ0) is 21.9. The molecule has 166 valence electrons. The van der Waals surface area contributed by atoms with Gasteiger partial charge in [0.25, 0.3) is 0 Å². The predicted molar refractivity (Wildman–Crippen MR) is 115 cm³/mol. The summed E-state index contributed by atoms with van der Waals surface area (Å²) in [6, 6.07) is 3.92. The Balaban J connectivity index is 1.35. The van der Waals surface area contributed by atoms with Crippen molar-refractivity contribution in [3.05, 3.63) is 29.3 Å². The first-order valence-corrected chi connectivity index (χ1v) is 12.3. The van der Waals surface area contributed by atoms with Crippen LogP contribution in [-0.2, 0) is 23.0 Å². The smallest absolute Gasteiger partial charge is 0.246 e. The van der Waals surface area contributed by atoms with Gasteiger partial charge in [-0.05, 0) is 44.7 Å². The van der Waals surface area contributed by atoms with E-state index >= 15 is 0 Å². The fraction of sp³-hybridized carbons (Fsp3) is 0.600. The maximum absolute atomic E-state index is 13.4. The molecular weight excluding hydrogens is 416 g/mol. The summed E-state index contributed by atoms with van der Waals surface area (Å²) in [5.41, 5.74) is 2.05. The fourth-order valence-corrected chi connectivity index (χ4v) is 6.96. The number of hydrogen-bond acceptors (Lipinski definition) is 7. The number of fused-ring (bicyclic) bond motifs is 2. The van der Waals surface area contributed by atoms with E-state index in [9.17, 15) is 8.42 Å². The van der Waals surface area contributed by atoms with Crippen LogP contribution in [0.3, 0.4) is 0 Å². The van der Waals surface area contributed by atoms with E-state index in [2.05, 4.69) is 20.2 Å². The average molecular weight is 445 g/mol. The van der Waals surface area contributed by atoms with Gasteiger partial charge >= 0.3 is 0 Å². The van der Waals surface area contributed by atoms with Crippen molar-refractivity contribution in [2.75, 3.05) is 31.1 Å². The van der Waals surface area contributed by atoms with E-state index in [1.807, 2.05) is 32.9 Å². The normalized spacial score (nSPS) is 22.0. The van der Waals surface area contributed by atoms with Crippen molar-refractivity contribution >= 4 is 21.5 Å². The summed E-state index contributed by atoms with van der Waals surface area (Å²) in [4.78, 5) is 2.63. The van der Waals surface area contributed by atoms with E-state index < -0.39 is 10.0 Å². The summed E-state index contributed by atoms with van der Waals surface area (Å²) < 4.78 is 32.0. The molecular formula is C20H28N8O2S. The van der Waals surface area contributed by atoms with E-state index in [1.54, 1.807) is 20.4 Å². The zero-order valence-electron chi connectivity index (χ0n) is 18.4. The Hall–Kier alpha value is -2.53. The number of anilines is 1. The van der Waals surface area contributed by atoms with Gasteiger partial charge in [-0.1, -0.05) is 6.92 Å². The SMILES string of the molecule is CCc1nnc2ccc(N3CC4CN(S(=O)(=O)c5c(C)nn(CC)c5C)CC4C3)nn12. The van der Waals surface area contributed by atoms with Crippen molar-refractivity contribution in [2.45, 2.75) is 45.6 Å². The third kappa shape index (κ3) is 3.13. The Morgan fingerprint density at radius 1 is 1.00 bits per heavy atom. The predicted octanol–water partition coefficient (Wildman–Crippen LogP) is 1.28. The molecule has 2 atom stereocenters. The monoisotopic (exact) mass is 444 g/mol. The number of sulfonamides is 1. The first-order valence-electron chi connectivity index (χ1n) is 10.8. The van der Waals surface area contributed by atoms with E-state index in [1.165, 1.54) is 0 Å². The first-order chi connectivity index (χ1) is 14.8. The molecule has 2 unspecified atom stereocenters. The van der Waals surface area contributed by atoms with Crippen LogP contribution in [0.4, 0.5) is 5.82 Å². The molecule has 3 aromatic rings. The van der Waals surface area contributed by atoms with Crippen molar-refractivity contribution in [1.82, 2.24) is 33.9 Å². The molecule has 2 fully saturated rings. The molecule has 0 spiro atoms. The van der Waals surface area contributed by atoms with Gasteiger partial charge in [0, 0.05) is 39.1 Å². The Morgan fingerprint density at radius 3 is 2.32 bits per heavy atom. The molecule has 5 rings (SSSR count). The molecule has 2 aliphatic rings. The lowest BCUT2D eigenvalue weighted by Crippen LogP contribution is -2.34. The first kappa shape index (κ1) is 20.4. The molecule has 0 saturated carbocycles. The topological polar surface area (TPSA) is 102 Å². The van der Waals surface area contributed by atoms with Crippen molar-refractivity contribution in [3.8, 4) is 0 Å². The van der Waals surface area contributed by atoms with Gasteiger partial charge in [0.2, 0.25) is 10.0 Å². The van der Waals surface area contributed by atoms with Gasteiger partial charge in [-0.15, -0.1) is 15.3 Å². The largest absolute Gasteiger partial charge is 0.355 e. The van der Waals surface area contributed by atoms with Gasteiger partial charge in [0.15, 0.2) is 11.5 Å². The second kappa shape index (κ2) is 7.27. The molecule has 0 bridgehead atoms. The minimum Gasteiger partial charge on any atom is -0.355 e. The molecule has 2 aliphatic heterocycles. The molecule has 31 heavy (non-hydrogen) atoms. The molecule has 11 heteroatoms. The summed E-state index contributed by atoms with van der Waals surface area (Å²) in [5.74, 6) is 2.31. The van der Waals surface area contributed by atoms with Gasteiger partial charge in [0.1, 0.15) is 10.7 Å². The number of nitrogens with zero attached hydrogens (tertiary/aromatic N) is 8. The second-order valence-corrected chi connectivity index (χ2v) is 10.4. The van der Waals surface area contributed by atoms with Crippen molar-refractivity contribution < 1.29 is 8.42 Å². The van der Waals surface area contributed by atoms with Crippen LogP contribution in [0.25, 0.3) is 5.65 Å². The third-order valence-corrected chi connectivity index (χ3v) is 8.70. The quantitative estimate of drug-likeness (QED) is 0.584. The lowest BCUT2D eigenvalue weighted by atomic mass is 10.0. The number of aromatic nitrogens is 6. The highest BCUT2D eigenvalue weighted by atomic mass is 32.2. The summed E-state index contributed by atoms with van der Waals surface area (Å²) in [6.45, 7) is 11.0. The van der Waals surface area contributed by atoms with Gasteiger partial charge in [0.05, 0.1) is 11.4 Å². The summed E-state index contributed by atoms with van der Waals surface area (Å²) in [5, 5.41) is 17.5. The molecule has 0 aromatic carbocycles. The van der Waals surface area contributed by atoms with Crippen LogP contribution in [-0.4, -0.2) is 68.5 Å². The molecule has 0 amide bonds. The summed E-state index contributed by atoms with van der Waals surface area (Å²) >= 11 is 0. The van der Waals surface area contributed by atoms with Crippen LogP contribution in [0.5, 0.6) is 0 Å². The zero-order valence-corrected chi connectivity index (χ0v) is 19.2. The molecule has 0 aliphatic carbocycles. The third-order valence-electron chi connectivity index (χ3n) is 6.62. The fourth-order valence-electron chi connectivity index (χ4n) is 5.04. The number of rotatable bonds is 5. The minimum absolute atomic E-state index is 0.292. The van der Waals surface area contributed by atoms with Crippen LogP contribution in [0, 0.1) is 25.7 Å². The Bertz CT molecular complexity index is 1230.